The zero-order chi connectivity index (χ0) is 28.0. The van der Waals surface area contributed by atoms with Gasteiger partial charge in [0.25, 0.3) is 0 Å². The smallest absolute Gasteiger partial charge is 0.338 e. The zero-order valence-corrected chi connectivity index (χ0v) is 22.3. The maximum Gasteiger partial charge on any atom is 0.338 e. The first-order valence-electron chi connectivity index (χ1n) is 12.9. The summed E-state index contributed by atoms with van der Waals surface area (Å²) < 4.78 is 19.7. The third-order valence-corrected chi connectivity index (χ3v) is 7.13. The van der Waals surface area contributed by atoms with E-state index in [0.717, 1.165) is 16.5 Å². The molecule has 11 heteroatoms. The number of amidine groups is 1. The lowest BCUT2D eigenvalue weighted by molar-refractivity contribution is -0.0562. The molecule has 0 amide bonds. The van der Waals surface area contributed by atoms with Crippen LogP contribution in [0.5, 0.6) is 0 Å². The molecule has 3 atom stereocenters. The highest BCUT2D eigenvalue weighted by Crippen LogP contribution is 2.38. The van der Waals surface area contributed by atoms with Crippen molar-refractivity contribution >= 4 is 34.6 Å². The molecule has 40 heavy (non-hydrogen) atoms. The minimum atomic E-state index is -0.713. The van der Waals surface area contributed by atoms with Crippen LogP contribution < -0.4 is 10.7 Å². The van der Waals surface area contributed by atoms with Gasteiger partial charge in [-0.05, 0) is 38.1 Å². The van der Waals surface area contributed by atoms with Crippen molar-refractivity contribution in [1.29, 1.82) is 0 Å². The van der Waals surface area contributed by atoms with E-state index in [4.69, 9.17) is 19.9 Å². The number of carbonyl (C=O) groups excluding carboxylic acids is 2. The van der Waals surface area contributed by atoms with Gasteiger partial charge in [-0.2, -0.15) is 5.10 Å². The summed E-state index contributed by atoms with van der Waals surface area (Å²) in [5, 5.41) is 6.69. The predicted octanol–water partition coefficient (Wildman–Crippen LogP) is 3.49. The van der Waals surface area contributed by atoms with Crippen molar-refractivity contribution in [1.82, 2.24) is 14.5 Å². The second-order valence-electron chi connectivity index (χ2n) is 9.99. The van der Waals surface area contributed by atoms with Crippen LogP contribution in [0.25, 0.3) is 11.0 Å². The number of rotatable bonds is 6. The van der Waals surface area contributed by atoms with Crippen LogP contribution in [0.2, 0.25) is 0 Å². The fourth-order valence-electron chi connectivity index (χ4n) is 4.96. The molecular formula is C29H28N6O5. The summed E-state index contributed by atoms with van der Waals surface area (Å²) in [6.07, 6.45) is 1.60. The number of nitrogens with zero attached hydrogens (tertiary/aromatic N) is 5. The van der Waals surface area contributed by atoms with E-state index in [1.807, 2.05) is 48.9 Å². The molecule has 0 radical (unpaired) electrons. The number of benzene rings is 2. The molecule has 0 bridgehead atoms. The first kappa shape index (κ1) is 25.5. The molecule has 11 nitrogen and oxygen atoms in total. The first-order valence-corrected chi connectivity index (χ1v) is 12.9. The van der Waals surface area contributed by atoms with E-state index in [2.05, 4.69) is 15.1 Å². The lowest BCUT2D eigenvalue weighted by Gasteiger charge is -2.19. The van der Waals surface area contributed by atoms with Crippen LogP contribution in [0.1, 0.15) is 50.1 Å². The molecule has 1 saturated heterocycles. The van der Waals surface area contributed by atoms with Crippen molar-refractivity contribution in [3.05, 3.63) is 88.9 Å². The van der Waals surface area contributed by atoms with Gasteiger partial charge in [0, 0.05) is 25.2 Å². The van der Waals surface area contributed by atoms with E-state index in [9.17, 15) is 9.59 Å². The molecular weight excluding hydrogens is 512 g/mol. The molecule has 0 spiro atoms. The highest BCUT2D eigenvalue weighted by atomic mass is 16.6. The molecule has 4 aromatic rings. The second-order valence-corrected chi connectivity index (χ2v) is 9.99. The Labute approximate surface area is 230 Å². The number of aryl methyl sites for hydroxylation is 2. The molecule has 2 aliphatic heterocycles. The number of hydrogen-bond acceptors (Lipinski definition) is 10. The highest BCUT2D eigenvalue weighted by molar-refractivity contribution is 6.13. The van der Waals surface area contributed by atoms with Crippen molar-refractivity contribution in [3.8, 4) is 0 Å². The summed E-state index contributed by atoms with van der Waals surface area (Å²) in [5.41, 5.74) is 10.4. The lowest BCUT2D eigenvalue weighted by atomic mass is 10.1. The normalized spacial score (nSPS) is 19.9. The van der Waals surface area contributed by atoms with Gasteiger partial charge < -0.3 is 24.5 Å². The maximum absolute atomic E-state index is 13.0. The van der Waals surface area contributed by atoms with Crippen LogP contribution in [0, 0.1) is 13.8 Å². The van der Waals surface area contributed by atoms with Crippen molar-refractivity contribution in [2.75, 3.05) is 18.7 Å². The van der Waals surface area contributed by atoms with Gasteiger partial charge in [0.1, 0.15) is 37.0 Å². The van der Waals surface area contributed by atoms with Crippen LogP contribution >= 0.6 is 0 Å². The van der Waals surface area contributed by atoms with Gasteiger partial charge in [-0.25, -0.2) is 24.6 Å². The average Bonchev–Trinajstić information content (AvgIpc) is 3.53. The molecule has 0 saturated carbocycles. The molecule has 4 heterocycles. The number of esters is 2. The number of ether oxygens (including phenoxy) is 3. The summed E-state index contributed by atoms with van der Waals surface area (Å²) >= 11 is 0. The summed E-state index contributed by atoms with van der Waals surface area (Å²) in [5.74, 6) is -0.0169. The van der Waals surface area contributed by atoms with Gasteiger partial charge in [-0.3, -0.25) is 0 Å². The van der Waals surface area contributed by atoms with Gasteiger partial charge in [-0.15, -0.1) is 0 Å². The van der Waals surface area contributed by atoms with Crippen LogP contribution in [0.15, 0.2) is 66.2 Å². The summed E-state index contributed by atoms with van der Waals surface area (Å²) in [4.78, 5) is 34.6. The quantitative estimate of drug-likeness (QED) is 0.365. The van der Waals surface area contributed by atoms with Crippen LogP contribution in [0.3, 0.4) is 0 Å². The van der Waals surface area contributed by atoms with Crippen molar-refractivity contribution in [2.24, 2.45) is 10.8 Å². The summed E-state index contributed by atoms with van der Waals surface area (Å²) in [6.45, 7) is 3.78. The standard InChI is InChI=1S/C29H28N6O5/c1-16-4-8-18(9-5-16)28(36)38-14-22-21(40-29(37)19-10-6-17(2)7-11-19)12-23(39-22)35-13-20-24-26(31-15-32-27(24)35)34(3)33-25(20)30/h4-11,13,15,21-23H,12,14H2,1-3H3,(H2,30,33)/t21-,22+,23+/m0/s1. The molecule has 2 N–H and O–H groups in total. The zero-order valence-electron chi connectivity index (χ0n) is 22.3. The molecule has 0 unspecified atom stereocenters. The van der Waals surface area contributed by atoms with Gasteiger partial charge in [0.05, 0.1) is 16.5 Å². The number of anilines is 1. The topological polar surface area (TPSA) is 134 Å². The average molecular weight is 541 g/mol. The van der Waals surface area contributed by atoms with Gasteiger partial charge >= 0.3 is 11.9 Å². The number of hydrazone groups is 1. The Bertz CT molecular complexity index is 1630. The van der Waals surface area contributed by atoms with Crippen LogP contribution in [-0.4, -0.2) is 58.2 Å². The molecule has 0 aliphatic carbocycles. The largest absolute Gasteiger partial charge is 0.459 e. The number of carbonyl (C=O) groups is 2. The van der Waals surface area contributed by atoms with E-state index >= 15 is 0 Å². The molecule has 2 aromatic carbocycles. The van der Waals surface area contributed by atoms with E-state index in [1.165, 1.54) is 6.33 Å². The predicted molar refractivity (Wildman–Crippen MR) is 147 cm³/mol. The fourth-order valence-corrected chi connectivity index (χ4v) is 4.96. The third kappa shape index (κ3) is 4.64. The number of nitrogens with two attached hydrogens (primary N) is 1. The molecule has 1 fully saturated rings. The molecule has 204 valence electrons. The van der Waals surface area contributed by atoms with Crippen LogP contribution in [0.4, 0.5) is 5.82 Å². The Hall–Kier alpha value is -4.77. The number of aromatic nitrogens is 3. The van der Waals surface area contributed by atoms with Crippen molar-refractivity contribution in [3.63, 3.8) is 0 Å². The lowest BCUT2D eigenvalue weighted by Crippen LogP contribution is -2.32. The second kappa shape index (κ2) is 10.1. The van der Waals surface area contributed by atoms with Gasteiger partial charge in [-0.1, -0.05) is 35.4 Å². The molecule has 2 aromatic heterocycles. The fraction of sp³-hybridized carbons (Fsp3) is 0.276. The van der Waals surface area contributed by atoms with Gasteiger partial charge in [0.2, 0.25) is 0 Å². The van der Waals surface area contributed by atoms with E-state index < -0.39 is 30.4 Å². The Morgan fingerprint density at radius 1 is 1.00 bits per heavy atom. The molecule has 2 aliphatic rings. The SMILES string of the molecule is Cc1ccc(C(=O)OC[C@H]2O[C@@H](n3cc4c5c(ncnc53)N(C)N=C4N)C[C@@H]2OC(=O)c2ccc(C)cc2)cc1. The Kier molecular flexibility index (Phi) is 6.43. The van der Waals surface area contributed by atoms with Crippen LogP contribution in [-0.2, 0) is 14.2 Å². The Morgan fingerprint density at radius 2 is 1.65 bits per heavy atom. The first-order chi connectivity index (χ1) is 19.3. The minimum absolute atomic E-state index is 0.103. The van der Waals surface area contributed by atoms with Crippen molar-refractivity contribution < 1.29 is 23.8 Å². The monoisotopic (exact) mass is 540 g/mol. The maximum atomic E-state index is 13.0. The van der Waals surface area contributed by atoms with E-state index in [-0.39, 0.29) is 6.61 Å². The summed E-state index contributed by atoms with van der Waals surface area (Å²) in [7, 11) is 1.76. The van der Waals surface area contributed by atoms with E-state index in [0.29, 0.717) is 40.4 Å². The van der Waals surface area contributed by atoms with E-state index in [1.54, 1.807) is 36.3 Å². The molecule has 6 rings (SSSR count). The minimum Gasteiger partial charge on any atom is -0.459 e. The Balaban J connectivity index is 1.28. The van der Waals surface area contributed by atoms with Gasteiger partial charge in [0.15, 0.2) is 11.7 Å². The highest BCUT2D eigenvalue weighted by Gasteiger charge is 2.41. The summed E-state index contributed by atoms with van der Waals surface area (Å²) in [6, 6.07) is 14.2. The number of hydrogen-bond donors (Lipinski definition) is 1. The van der Waals surface area contributed by atoms with Crippen molar-refractivity contribution in [2.45, 2.75) is 38.7 Å². The Morgan fingerprint density at radius 3 is 2.33 bits per heavy atom. The third-order valence-electron chi connectivity index (χ3n) is 7.13.